The number of imidazole rings is 1. The van der Waals surface area contributed by atoms with Gasteiger partial charge in [-0.1, -0.05) is 32.0 Å². The predicted octanol–water partition coefficient (Wildman–Crippen LogP) is 2.33. The van der Waals surface area contributed by atoms with Gasteiger partial charge in [0.15, 0.2) is 0 Å². The Morgan fingerprint density at radius 3 is 2.67 bits per heavy atom. The van der Waals surface area contributed by atoms with Crippen LogP contribution in [0.3, 0.4) is 0 Å². The second kappa shape index (κ2) is 6.54. The molecule has 0 spiro atoms. The minimum atomic E-state index is -0.916. The number of para-hydroxylation sites is 1. The van der Waals surface area contributed by atoms with E-state index in [1.54, 1.807) is 12.5 Å². The van der Waals surface area contributed by atoms with Gasteiger partial charge in [-0.05, 0) is 30.9 Å². The summed E-state index contributed by atoms with van der Waals surface area (Å²) in [7, 11) is 0. The SMILES string of the molecule is CC(C)[C@@](N)(CCc1cnc[nH]1)C(=O)Nc1ccccc1. The average molecular weight is 286 g/mol. The molecular weight excluding hydrogens is 264 g/mol. The summed E-state index contributed by atoms with van der Waals surface area (Å²) >= 11 is 0. The zero-order valence-electron chi connectivity index (χ0n) is 12.5. The molecule has 0 saturated carbocycles. The first-order valence-corrected chi connectivity index (χ1v) is 7.15. The van der Waals surface area contributed by atoms with Crippen LogP contribution >= 0.6 is 0 Å². The molecule has 0 fully saturated rings. The first-order chi connectivity index (χ1) is 10.0. The molecule has 5 heteroatoms. The second-order valence-corrected chi connectivity index (χ2v) is 5.59. The van der Waals surface area contributed by atoms with Gasteiger partial charge in [0.25, 0.3) is 0 Å². The maximum atomic E-state index is 12.6. The van der Waals surface area contributed by atoms with Crippen molar-refractivity contribution in [3.05, 3.63) is 48.5 Å². The van der Waals surface area contributed by atoms with Crippen LogP contribution in [-0.4, -0.2) is 21.4 Å². The smallest absolute Gasteiger partial charge is 0.244 e. The molecule has 2 aromatic rings. The summed E-state index contributed by atoms with van der Waals surface area (Å²) in [4.78, 5) is 19.6. The number of benzene rings is 1. The van der Waals surface area contributed by atoms with Gasteiger partial charge in [-0.15, -0.1) is 0 Å². The number of carbonyl (C=O) groups is 1. The van der Waals surface area contributed by atoms with E-state index in [4.69, 9.17) is 5.73 Å². The Morgan fingerprint density at radius 2 is 2.10 bits per heavy atom. The number of hydrogen-bond donors (Lipinski definition) is 3. The van der Waals surface area contributed by atoms with Gasteiger partial charge in [-0.25, -0.2) is 4.98 Å². The summed E-state index contributed by atoms with van der Waals surface area (Å²) in [6, 6.07) is 9.38. The Hall–Kier alpha value is -2.14. The van der Waals surface area contributed by atoms with Crippen LogP contribution < -0.4 is 11.1 Å². The molecule has 0 radical (unpaired) electrons. The predicted molar refractivity (Wildman–Crippen MR) is 83.7 cm³/mol. The van der Waals surface area contributed by atoms with Crippen molar-refractivity contribution < 1.29 is 4.79 Å². The molecule has 4 N–H and O–H groups in total. The zero-order valence-corrected chi connectivity index (χ0v) is 12.5. The van der Waals surface area contributed by atoms with Gasteiger partial charge in [0, 0.05) is 17.6 Å². The fourth-order valence-electron chi connectivity index (χ4n) is 2.20. The third-order valence-corrected chi connectivity index (χ3v) is 3.85. The highest BCUT2D eigenvalue weighted by atomic mass is 16.2. The summed E-state index contributed by atoms with van der Waals surface area (Å²) in [5, 5.41) is 2.90. The molecule has 0 aliphatic carbocycles. The number of hydrogen-bond acceptors (Lipinski definition) is 3. The van der Waals surface area contributed by atoms with E-state index in [1.165, 1.54) is 0 Å². The van der Waals surface area contributed by atoms with E-state index in [1.807, 2.05) is 44.2 Å². The summed E-state index contributed by atoms with van der Waals surface area (Å²) in [6.07, 6.45) is 4.64. The topological polar surface area (TPSA) is 83.8 Å². The van der Waals surface area contributed by atoms with Crippen LogP contribution in [-0.2, 0) is 11.2 Å². The van der Waals surface area contributed by atoms with E-state index in [9.17, 15) is 4.79 Å². The molecule has 0 unspecified atom stereocenters. The zero-order chi connectivity index (χ0) is 15.3. The summed E-state index contributed by atoms with van der Waals surface area (Å²) < 4.78 is 0. The molecule has 5 nitrogen and oxygen atoms in total. The summed E-state index contributed by atoms with van der Waals surface area (Å²) in [5.41, 5.74) is 7.23. The number of nitrogens with one attached hydrogen (secondary N) is 2. The Bertz CT molecular complexity index is 565. The van der Waals surface area contributed by atoms with Crippen LogP contribution in [0.15, 0.2) is 42.9 Å². The van der Waals surface area contributed by atoms with Crippen LogP contribution in [0.25, 0.3) is 0 Å². The van der Waals surface area contributed by atoms with Crippen LogP contribution in [0.5, 0.6) is 0 Å². The van der Waals surface area contributed by atoms with E-state index in [0.717, 1.165) is 11.4 Å². The Morgan fingerprint density at radius 1 is 1.38 bits per heavy atom. The van der Waals surface area contributed by atoms with Crippen molar-refractivity contribution in [2.75, 3.05) is 5.32 Å². The molecule has 1 aromatic heterocycles. The third-order valence-electron chi connectivity index (χ3n) is 3.85. The summed E-state index contributed by atoms with van der Waals surface area (Å²) in [6.45, 7) is 3.94. The van der Waals surface area contributed by atoms with E-state index < -0.39 is 5.54 Å². The summed E-state index contributed by atoms with van der Waals surface area (Å²) in [5.74, 6) is -0.118. The van der Waals surface area contributed by atoms with Crippen LogP contribution in [0, 0.1) is 5.92 Å². The lowest BCUT2D eigenvalue weighted by Gasteiger charge is -2.32. The van der Waals surface area contributed by atoms with Crippen LogP contribution in [0.4, 0.5) is 5.69 Å². The van der Waals surface area contributed by atoms with Gasteiger partial charge in [0.1, 0.15) is 0 Å². The number of H-pyrrole nitrogens is 1. The van der Waals surface area contributed by atoms with Gasteiger partial charge < -0.3 is 16.0 Å². The van der Waals surface area contributed by atoms with Gasteiger partial charge in [-0.3, -0.25) is 4.79 Å². The molecule has 1 aromatic carbocycles. The first-order valence-electron chi connectivity index (χ1n) is 7.15. The molecule has 0 aliphatic rings. The van der Waals surface area contributed by atoms with Crippen molar-refractivity contribution in [2.24, 2.45) is 11.7 Å². The fraction of sp³-hybridized carbons (Fsp3) is 0.375. The van der Waals surface area contributed by atoms with Gasteiger partial charge in [-0.2, -0.15) is 0 Å². The van der Waals surface area contributed by atoms with E-state index in [-0.39, 0.29) is 11.8 Å². The molecule has 1 heterocycles. The van der Waals surface area contributed by atoms with Crippen molar-refractivity contribution in [3.8, 4) is 0 Å². The van der Waals surface area contributed by atoms with Gasteiger partial charge in [0.05, 0.1) is 11.9 Å². The molecule has 112 valence electrons. The van der Waals surface area contributed by atoms with Crippen LogP contribution in [0.2, 0.25) is 0 Å². The number of nitrogens with two attached hydrogens (primary N) is 1. The highest BCUT2D eigenvalue weighted by molar-refractivity contribution is 5.98. The molecule has 21 heavy (non-hydrogen) atoms. The average Bonchev–Trinajstić information content (AvgIpc) is 2.98. The number of aromatic amines is 1. The van der Waals surface area contributed by atoms with E-state index in [2.05, 4.69) is 15.3 Å². The fourth-order valence-corrected chi connectivity index (χ4v) is 2.20. The van der Waals surface area contributed by atoms with Crippen molar-refractivity contribution in [1.82, 2.24) is 9.97 Å². The lowest BCUT2D eigenvalue weighted by Crippen LogP contribution is -2.55. The minimum Gasteiger partial charge on any atom is -0.348 e. The van der Waals surface area contributed by atoms with E-state index >= 15 is 0 Å². The Labute approximate surface area is 125 Å². The lowest BCUT2D eigenvalue weighted by atomic mass is 9.82. The quantitative estimate of drug-likeness (QED) is 0.762. The number of anilines is 1. The number of nitrogens with zero attached hydrogens (tertiary/aromatic N) is 1. The van der Waals surface area contributed by atoms with E-state index in [0.29, 0.717) is 12.8 Å². The normalized spacial score (nSPS) is 13.9. The maximum absolute atomic E-state index is 12.6. The van der Waals surface area contributed by atoms with Crippen molar-refractivity contribution in [3.63, 3.8) is 0 Å². The minimum absolute atomic E-state index is 0.0316. The highest BCUT2D eigenvalue weighted by Crippen LogP contribution is 2.22. The second-order valence-electron chi connectivity index (χ2n) is 5.59. The number of aromatic nitrogens is 2. The molecule has 0 aliphatic heterocycles. The van der Waals surface area contributed by atoms with Gasteiger partial charge >= 0.3 is 0 Å². The number of carbonyl (C=O) groups excluding carboxylic acids is 1. The maximum Gasteiger partial charge on any atom is 0.244 e. The lowest BCUT2D eigenvalue weighted by molar-refractivity contribution is -0.122. The first kappa shape index (κ1) is 15.3. The third kappa shape index (κ3) is 3.70. The molecule has 0 saturated heterocycles. The molecule has 1 atom stereocenters. The van der Waals surface area contributed by atoms with Crippen molar-refractivity contribution in [2.45, 2.75) is 32.2 Å². The Balaban J connectivity index is 2.07. The standard InChI is InChI=1S/C16H22N4O/c1-12(2)16(17,9-8-14-10-18-11-19-14)15(21)20-13-6-4-3-5-7-13/h3-7,10-12H,8-9,17H2,1-2H3,(H,18,19)(H,20,21)/t16-/m0/s1. The van der Waals surface area contributed by atoms with Crippen molar-refractivity contribution >= 4 is 11.6 Å². The van der Waals surface area contributed by atoms with Crippen molar-refractivity contribution in [1.29, 1.82) is 0 Å². The molecule has 2 rings (SSSR count). The molecular formula is C16H22N4O. The highest BCUT2D eigenvalue weighted by Gasteiger charge is 2.37. The number of aryl methyl sites for hydroxylation is 1. The molecule has 0 bridgehead atoms. The monoisotopic (exact) mass is 286 g/mol. The largest absolute Gasteiger partial charge is 0.348 e. The number of amides is 1. The van der Waals surface area contributed by atoms with Gasteiger partial charge in [0.2, 0.25) is 5.91 Å². The Kier molecular flexibility index (Phi) is 4.75. The van der Waals surface area contributed by atoms with Crippen LogP contribution in [0.1, 0.15) is 26.0 Å². The molecule has 1 amide bonds. The number of rotatable bonds is 6.